The number of aromatic nitrogens is 2. The Hall–Kier alpha value is -2.92. The van der Waals surface area contributed by atoms with Gasteiger partial charge in [0.1, 0.15) is 12.4 Å². The van der Waals surface area contributed by atoms with Crippen molar-refractivity contribution in [3.8, 4) is 11.4 Å². The van der Waals surface area contributed by atoms with E-state index in [0.717, 1.165) is 18.4 Å². The van der Waals surface area contributed by atoms with Crippen molar-refractivity contribution in [2.75, 3.05) is 0 Å². The normalized spacial score (nSPS) is 15.3. The van der Waals surface area contributed by atoms with Gasteiger partial charge in [-0.25, -0.2) is 4.98 Å². The van der Waals surface area contributed by atoms with Gasteiger partial charge >= 0.3 is 0 Å². The van der Waals surface area contributed by atoms with E-state index < -0.39 is 0 Å². The van der Waals surface area contributed by atoms with E-state index in [-0.39, 0.29) is 24.1 Å². The number of hydrogen-bond acceptors (Lipinski definition) is 3. The summed E-state index contributed by atoms with van der Waals surface area (Å²) in [6.07, 6.45) is 1.81. The number of nitrogens with one attached hydrogen (secondary N) is 1. The summed E-state index contributed by atoms with van der Waals surface area (Å²) in [6.45, 7) is 1.67. The van der Waals surface area contributed by atoms with Crippen LogP contribution in [0.3, 0.4) is 0 Å². The Kier molecular flexibility index (Phi) is 5.01. The maximum absolute atomic E-state index is 12.7. The summed E-state index contributed by atoms with van der Waals surface area (Å²) in [5, 5.41) is 3.61. The van der Waals surface area contributed by atoms with Crippen LogP contribution in [0.5, 0.6) is 0 Å². The van der Waals surface area contributed by atoms with Crippen LogP contribution in [0.15, 0.2) is 59.4 Å². The molecule has 1 aromatic heterocycles. The number of rotatable bonds is 4. The second kappa shape index (κ2) is 7.60. The van der Waals surface area contributed by atoms with Crippen LogP contribution in [0.1, 0.15) is 29.3 Å². The van der Waals surface area contributed by atoms with E-state index in [1.807, 2.05) is 24.3 Å². The highest BCUT2D eigenvalue weighted by Crippen LogP contribution is 2.30. The molecule has 0 aliphatic heterocycles. The number of carbonyl (C=O) groups is 1. The van der Waals surface area contributed by atoms with Gasteiger partial charge in [-0.3, -0.25) is 14.2 Å². The number of hydrogen-bond donors (Lipinski definition) is 1. The van der Waals surface area contributed by atoms with E-state index in [2.05, 4.69) is 16.4 Å². The molecule has 0 unspecified atom stereocenters. The number of amides is 1. The number of aryl methyl sites for hydroxylation is 2. The Balaban J connectivity index is 1.61. The molecule has 1 aliphatic rings. The third-order valence-corrected chi connectivity index (χ3v) is 5.22. The lowest BCUT2D eigenvalue weighted by molar-refractivity contribution is -0.122. The molecular weight excluding hydrogens is 374 g/mol. The molecule has 1 amide bonds. The molecule has 5 nitrogen and oxygen atoms in total. The molecule has 28 heavy (non-hydrogen) atoms. The zero-order chi connectivity index (χ0) is 19.7. The fourth-order valence-corrected chi connectivity index (χ4v) is 3.90. The minimum absolute atomic E-state index is 0.0209. The molecule has 0 radical (unpaired) electrons. The highest BCUT2D eigenvalue weighted by atomic mass is 35.5. The Morgan fingerprint density at radius 1 is 1.21 bits per heavy atom. The average molecular weight is 394 g/mol. The molecule has 0 spiro atoms. The molecule has 0 saturated carbocycles. The SMILES string of the molecule is Cc1cc(=O)n(CC(=O)N[C@@H]2CCc3ccccc32)c(-c2cccc(Cl)c2)n1. The fraction of sp³-hybridized carbons (Fsp3) is 0.227. The van der Waals surface area contributed by atoms with Gasteiger partial charge in [0.2, 0.25) is 5.91 Å². The van der Waals surface area contributed by atoms with Gasteiger partial charge in [-0.15, -0.1) is 0 Å². The zero-order valence-electron chi connectivity index (χ0n) is 15.5. The topological polar surface area (TPSA) is 64.0 Å². The molecule has 0 saturated heterocycles. The van der Waals surface area contributed by atoms with Crippen LogP contribution in [0.4, 0.5) is 0 Å². The molecule has 0 fully saturated rings. The fourth-order valence-electron chi connectivity index (χ4n) is 3.71. The highest BCUT2D eigenvalue weighted by molar-refractivity contribution is 6.30. The summed E-state index contributed by atoms with van der Waals surface area (Å²) >= 11 is 6.10. The number of halogens is 1. The van der Waals surface area contributed by atoms with Crippen LogP contribution in [-0.2, 0) is 17.8 Å². The van der Waals surface area contributed by atoms with Crippen molar-refractivity contribution in [2.24, 2.45) is 0 Å². The third-order valence-electron chi connectivity index (χ3n) is 4.99. The van der Waals surface area contributed by atoms with Crippen LogP contribution in [0.25, 0.3) is 11.4 Å². The van der Waals surface area contributed by atoms with Crippen molar-refractivity contribution in [2.45, 2.75) is 32.4 Å². The molecule has 4 rings (SSSR count). The Labute approximate surface area is 168 Å². The van der Waals surface area contributed by atoms with Gasteiger partial charge in [-0.2, -0.15) is 0 Å². The van der Waals surface area contributed by atoms with Crippen molar-refractivity contribution in [1.29, 1.82) is 0 Å². The second-order valence-corrected chi connectivity index (χ2v) is 7.45. The Morgan fingerprint density at radius 2 is 2.04 bits per heavy atom. The van der Waals surface area contributed by atoms with Gasteiger partial charge in [0.05, 0.1) is 6.04 Å². The maximum Gasteiger partial charge on any atom is 0.254 e. The van der Waals surface area contributed by atoms with Crippen LogP contribution in [-0.4, -0.2) is 15.5 Å². The standard InChI is InChI=1S/C22H20ClN3O2/c1-14-11-21(28)26(22(24-14)16-6-4-7-17(23)12-16)13-20(27)25-19-10-9-15-5-2-3-8-18(15)19/h2-8,11-12,19H,9-10,13H2,1H3,(H,25,27)/t19-/m1/s1. The van der Waals surface area contributed by atoms with Gasteiger partial charge in [0.25, 0.3) is 5.56 Å². The van der Waals surface area contributed by atoms with Gasteiger partial charge in [0, 0.05) is 22.3 Å². The minimum atomic E-state index is -0.260. The van der Waals surface area contributed by atoms with Crippen molar-refractivity contribution < 1.29 is 4.79 Å². The quantitative estimate of drug-likeness (QED) is 0.735. The lowest BCUT2D eigenvalue weighted by Crippen LogP contribution is -2.35. The van der Waals surface area contributed by atoms with E-state index in [1.54, 1.807) is 25.1 Å². The molecule has 0 bridgehead atoms. The van der Waals surface area contributed by atoms with Crippen LogP contribution in [0, 0.1) is 6.92 Å². The molecule has 142 valence electrons. The van der Waals surface area contributed by atoms with Crippen LogP contribution < -0.4 is 10.9 Å². The molecule has 6 heteroatoms. The smallest absolute Gasteiger partial charge is 0.254 e. The summed E-state index contributed by atoms with van der Waals surface area (Å²) < 4.78 is 1.40. The minimum Gasteiger partial charge on any atom is -0.348 e. The number of fused-ring (bicyclic) bond motifs is 1. The molecule has 1 heterocycles. The Morgan fingerprint density at radius 3 is 2.86 bits per heavy atom. The van der Waals surface area contributed by atoms with Gasteiger partial charge in [-0.1, -0.05) is 48.0 Å². The molecule has 3 aromatic rings. The highest BCUT2D eigenvalue weighted by Gasteiger charge is 2.24. The van der Waals surface area contributed by atoms with Crippen molar-refractivity contribution in [1.82, 2.24) is 14.9 Å². The molecule has 1 N–H and O–H groups in total. The number of nitrogens with zero attached hydrogens (tertiary/aromatic N) is 2. The average Bonchev–Trinajstić information content (AvgIpc) is 3.07. The summed E-state index contributed by atoms with van der Waals surface area (Å²) in [5.74, 6) is 0.229. The molecule has 2 aromatic carbocycles. The monoisotopic (exact) mass is 393 g/mol. The van der Waals surface area contributed by atoms with Crippen LogP contribution >= 0.6 is 11.6 Å². The summed E-state index contributed by atoms with van der Waals surface area (Å²) in [6, 6.07) is 16.7. The van der Waals surface area contributed by atoms with E-state index in [9.17, 15) is 9.59 Å². The molecule has 1 aliphatic carbocycles. The number of carbonyl (C=O) groups excluding carboxylic acids is 1. The lowest BCUT2D eigenvalue weighted by atomic mass is 10.1. The largest absolute Gasteiger partial charge is 0.348 e. The first-order chi connectivity index (χ1) is 13.5. The summed E-state index contributed by atoms with van der Waals surface area (Å²) in [7, 11) is 0. The van der Waals surface area contributed by atoms with Crippen molar-refractivity contribution in [3.63, 3.8) is 0 Å². The number of benzene rings is 2. The lowest BCUT2D eigenvalue weighted by Gasteiger charge is -2.17. The van der Waals surface area contributed by atoms with E-state index in [0.29, 0.717) is 22.1 Å². The maximum atomic E-state index is 12.7. The first kappa shape index (κ1) is 18.4. The first-order valence-corrected chi connectivity index (χ1v) is 9.60. The summed E-state index contributed by atoms with van der Waals surface area (Å²) in [5.41, 5.74) is 3.46. The predicted octanol–water partition coefficient (Wildman–Crippen LogP) is 3.68. The Bertz CT molecular complexity index is 1110. The first-order valence-electron chi connectivity index (χ1n) is 9.23. The summed E-state index contributed by atoms with van der Waals surface area (Å²) in [4.78, 5) is 29.8. The second-order valence-electron chi connectivity index (χ2n) is 7.01. The predicted molar refractivity (Wildman–Crippen MR) is 109 cm³/mol. The zero-order valence-corrected chi connectivity index (χ0v) is 16.2. The van der Waals surface area contributed by atoms with E-state index in [1.165, 1.54) is 16.2 Å². The third kappa shape index (κ3) is 3.71. The van der Waals surface area contributed by atoms with Gasteiger partial charge < -0.3 is 5.32 Å². The molecular formula is C22H20ClN3O2. The van der Waals surface area contributed by atoms with Crippen molar-refractivity contribution >= 4 is 17.5 Å². The van der Waals surface area contributed by atoms with Crippen LogP contribution in [0.2, 0.25) is 5.02 Å². The van der Waals surface area contributed by atoms with Gasteiger partial charge in [-0.05, 0) is 43.0 Å². The van der Waals surface area contributed by atoms with Crippen molar-refractivity contribution in [3.05, 3.63) is 86.8 Å². The van der Waals surface area contributed by atoms with Gasteiger partial charge in [0.15, 0.2) is 0 Å². The van der Waals surface area contributed by atoms with E-state index >= 15 is 0 Å². The molecule has 1 atom stereocenters. The van der Waals surface area contributed by atoms with E-state index in [4.69, 9.17) is 11.6 Å².